The van der Waals surface area contributed by atoms with Crippen molar-refractivity contribution in [3.05, 3.63) is 26.2 Å². The smallest absolute Gasteiger partial charge is 0.265 e. The molecule has 0 spiro atoms. The average molecular weight is 313 g/mol. The van der Waals surface area contributed by atoms with E-state index in [0.29, 0.717) is 27.4 Å². The summed E-state index contributed by atoms with van der Waals surface area (Å²) in [6.07, 6.45) is 0. The zero-order chi connectivity index (χ0) is 13.4. The van der Waals surface area contributed by atoms with Gasteiger partial charge in [-0.05, 0) is 29.8 Å². The monoisotopic (exact) mass is 312 g/mol. The Kier molecular flexibility index (Phi) is 3.25. The van der Waals surface area contributed by atoms with E-state index in [0.717, 1.165) is 5.69 Å². The van der Waals surface area contributed by atoms with Crippen molar-refractivity contribution >= 4 is 15.9 Å². The molecule has 7 heteroatoms. The minimum atomic E-state index is -0.220. The van der Waals surface area contributed by atoms with Crippen LogP contribution in [0, 0.1) is 13.8 Å². The van der Waals surface area contributed by atoms with Crippen molar-refractivity contribution in [3.63, 3.8) is 0 Å². The van der Waals surface area contributed by atoms with Gasteiger partial charge in [-0.2, -0.15) is 5.10 Å². The number of aryl methyl sites for hydroxylation is 3. The van der Waals surface area contributed by atoms with Gasteiger partial charge in [0, 0.05) is 7.05 Å². The van der Waals surface area contributed by atoms with E-state index in [9.17, 15) is 4.79 Å². The van der Waals surface area contributed by atoms with E-state index in [4.69, 9.17) is 4.74 Å². The highest BCUT2D eigenvalue weighted by atomic mass is 79.9. The van der Waals surface area contributed by atoms with Crippen LogP contribution < -0.4 is 10.3 Å². The van der Waals surface area contributed by atoms with Crippen molar-refractivity contribution in [2.75, 3.05) is 7.11 Å². The lowest BCUT2D eigenvalue weighted by molar-refractivity contribution is 0.374. The molecule has 0 aromatic carbocycles. The van der Waals surface area contributed by atoms with Crippen LogP contribution >= 0.6 is 15.9 Å². The van der Waals surface area contributed by atoms with Crippen LogP contribution in [0.3, 0.4) is 0 Å². The van der Waals surface area contributed by atoms with Gasteiger partial charge in [-0.1, -0.05) is 0 Å². The number of rotatable bonds is 2. The second-order valence-corrected chi connectivity index (χ2v) is 4.70. The van der Waals surface area contributed by atoms with Gasteiger partial charge in [0.15, 0.2) is 0 Å². The van der Waals surface area contributed by atoms with Crippen molar-refractivity contribution in [1.29, 1.82) is 0 Å². The van der Waals surface area contributed by atoms with E-state index in [1.165, 1.54) is 0 Å². The Bertz CT molecular complexity index is 660. The Hall–Kier alpha value is -1.63. The number of hydrogen-bond acceptors (Lipinski definition) is 4. The molecule has 96 valence electrons. The summed E-state index contributed by atoms with van der Waals surface area (Å²) in [7, 11) is 3.34. The molecule has 18 heavy (non-hydrogen) atoms. The van der Waals surface area contributed by atoms with Gasteiger partial charge in [0.05, 0.1) is 18.5 Å². The molecule has 2 heterocycles. The summed E-state index contributed by atoms with van der Waals surface area (Å²) in [4.78, 5) is 18.8. The summed E-state index contributed by atoms with van der Waals surface area (Å²) in [5.74, 6) is 1.03. The molecule has 0 unspecified atom stereocenters. The fourth-order valence-corrected chi connectivity index (χ4v) is 2.02. The normalized spacial score (nSPS) is 10.7. The minimum absolute atomic E-state index is 0.220. The highest BCUT2D eigenvalue weighted by molar-refractivity contribution is 9.10. The van der Waals surface area contributed by atoms with Crippen molar-refractivity contribution in [1.82, 2.24) is 19.7 Å². The molecule has 2 rings (SSSR count). The SMILES string of the molecule is COc1c(-c2nc(C)c(Br)c(=O)[nH]2)c(C)nn1C. The molecule has 0 amide bonds. The number of methoxy groups -OCH3 is 1. The Morgan fingerprint density at radius 1 is 1.33 bits per heavy atom. The predicted octanol–water partition coefficient (Wildman–Crippen LogP) is 1.56. The lowest BCUT2D eigenvalue weighted by Gasteiger charge is -2.05. The van der Waals surface area contributed by atoms with Crippen LogP contribution in [0.1, 0.15) is 11.4 Å². The maximum absolute atomic E-state index is 11.7. The molecular formula is C11H13BrN4O2. The second-order valence-electron chi connectivity index (χ2n) is 3.91. The van der Waals surface area contributed by atoms with E-state index in [1.54, 1.807) is 25.8 Å². The molecule has 0 saturated carbocycles. The van der Waals surface area contributed by atoms with Crippen LogP contribution in [0.15, 0.2) is 9.27 Å². The maximum atomic E-state index is 11.7. The lowest BCUT2D eigenvalue weighted by Crippen LogP contribution is -2.12. The van der Waals surface area contributed by atoms with Crippen molar-refractivity contribution in [2.45, 2.75) is 13.8 Å². The summed E-state index contributed by atoms with van der Waals surface area (Å²) in [5.41, 5.74) is 1.86. The number of ether oxygens (including phenoxy) is 1. The largest absolute Gasteiger partial charge is 0.481 e. The lowest BCUT2D eigenvalue weighted by atomic mass is 10.2. The Labute approximate surface area is 112 Å². The third-order valence-corrected chi connectivity index (χ3v) is 3.56. The highest BCUT2D eigenvalue weighted by Gasteiger charge is 2.19. The maximum Gasteiger partial charge on any atom is 0.265 e. The molecule has 0 aliphatic rings. The van der Waals surface area contributed by atoms with Crippen molar-refractivity contribution in [3.8, 4) is 17.3 Å². The number of aromatic amines is 1. The summed E-state index contributed by atoms with van der Waals surface area (Å²) >= 11 is 3.19. The van der Waals surface area contributed by atoms with Crippen molar-refractivity contribution in [2.24, 2.45) is 7.05 Å². The van der Waals surface area contributed by atoms with Crippen LogP contribution in [0.2, 0.25) is 0 Å². The molecule has 2 aromatic heterocycles. The average Bonchev–Trinajstić information content (AvgIpc) is 2.59. The molecule has 0 radical (unpaired) electrons. The topological polar surface area (TPSA) is 72.8 Å². The molecule has 0 bridgehead atoms. The van der Waals surface area contributed by atoms with Crippen molar-refractivity contribution < 1.29 is 4.74 Å². The first kappa shape index (κ1) is 12.8. The highest BCUT2D eigenvalue weighted by Crippen LogP contribution is 2.30. The molecule has 0 aliphatic carbocycles. The number of halogens is 1. The first-order valence-corrected chi connectivity index (χ1v) is 6.09. The predicted molar refractivity (Wildman–Crippen MR) is 70.8 cm³/mol. The van der Waals surface area contributed by atoms with E-state index in [2.05, 4.69) is 31.0 Å². The van der Waals surface area contributed by atoms with Gasteiger partial charge in [0.2, 0.25) is 5.88 Å². The van der Waals surface area contributed by atoms with Gasteiger partial charge in [-0.25, -0.2) is 9.67 Å². The van der Waals surface area contributed by atoms with E-state index in [-0.39, 0.29) is 5.56 Å². The molecule has 0 aliphatic heterocycles. The van der Waals surface area contributed by atoms with Gasteiger partial charge >= 0.3 is 0 Å². The Balaban J connectivity index is 2.73. The summed E-state index contributed by atoms with van der Waals surface area (Å²) in [5, 5.41) is 4.26. The van der Waals surface area contributed by atoms with Crippen LogP contribution in [-0.2, 0) is 7.05 Å². The number of aromatic nitrogens is 4. The molecule has 0 saturated heterocycles. The summed E-state index contributed by atoms with van der Waals surface area (Å²) in [6, 6.07) is 0. The van der Waals surface area contributed by atoms with Gasteiger partial charge in [0.1, 0.15) is 15.9 Å². The van der Waals surface area contributed by atoms with E-state index >= 15 is 0 Å². The zero-order valence-corrected chi connectivity index (χ0v) is 12.1. The minimum Gasteiger partial charge on any atom is -0.481 e. The standard InChI is InChI=1S/C11H13BrN4O2/c1-5-7(11(18-4)16(3)15-5)9-13-6(2)8(12)10(17)14-9/h1-4H3,(H,13,14,17). The Morgan fingerprint density at radius 2 is 2.00 bits per heavy atom. The fraction of sp³-hybridized carbons (Fsp3) is 0.364. The zero-order valence-electron chi connectivity index (χ0n) is 10.5. The van der Waals surface area contributed by atoms with E-state index < -0.39 is 0 Å². The van der Waals surface area contributed by atoms with Crippen LogP contribution in [-0.4, -0.2) is 26.9 Å². The molecule has 1 N–H and O–H groups in total. The molecule has 0 atom stereocenters. The first-order valence-electron chi connectivity index (χ1n) is 5.30. The van der Waals surface area contributed by atoms with E-state index in [1.807, 2.05) is 6.92 Å². The summed E-state index contributed by atoms with van der Waals surface area (Å²) < 4.78 is 7.34. The van der Waals surface area contributed by atoms with Crippen LogP contribution in [0.4, 0.5) is 0 Å². The Morgan fingerprint density at radius 3 is 2.56 bits per heavy atom. The molecule has 6 nitrogen and oxygen atoms in total. The number of nitrogens with one attached hydrogen (secondary N) is 1. The van der Waals surface area contributed by atoms with Crippen LogP contribution in [0.25, 0.3) is 11.4 Å². The third kappa shape index (κ3) is 1.94. The molecular weight excluding hydrogens is 300 g/mol. The number of nitrogens with zero attached hydrogens (tertiary/aromatic N) is 3. The van der Waals surface area contributed by atoms with Gasteiger partial charge in [-0.15, -0.1) is 0 Å². The van der Waals surface area contributed by atoms with Crippen LogP contribution in [0.5, 0.6) is 5.88 Å². The van der Waals surface area contributed by atoms with Gasteiger partial charge in [0.25, 0.3) is 5.56 Å². The fourth-order valence-electron chi connectivity index (χ4n) is 1.83. The molecule has 2 aromatic rings. The molecule has 0 fully saturated rings. The summed E-state index contributed by atoms with van der Waals surface area (Å²) in [6.45, 7) is 3.61. The third-order valence-electron chi connectivity index (χ3n) is 2.63. The van der Waals surface area contributed by atoms with Gasteiger partial charge in [-0.3, -0.25) is 4.79 Å². The number of H-pyrrole nitrogens is 1. The number of hydrogen-bond donors (Lipinski definition) is 1. The van der Waals surface area contributed by atoms with Gasteiger partial charge < -0.3 is 9.72 Å². The second kappa shape index (κ2) is 4.56. The quantitative estimate of drug-likeness (QED) is 0.913. The first-order chi connectivity index (χ1) is 8.45.